The summed E-state index contributed by atoms with van der Waals surface area (Å²) in [5, 5.41) is 10.1. The largest absolute Gasteiger partial charge is 0.464 e. The number of likely N-dealkylation sites (tertiary alicyclic amines) is 1. The first kappa shape index (κ1) is 18.0. The van der Waals surface area contributed by atoms with Crippen LogP contribution in [0.2, 0.25) is 0 Å². The summed E-state index contributed by atoms with van der Waals surface area (Å²) in [5.41, 5.74) is 2.32. The van der Waals surface area contributed by atoms with E-state index in [0.717, 1.165) is 25.8 Å². The van der Waals surface area contributed by atoms with Crippen LogP contribution in [-0.2, 0) is 14.9 Å². The highest BCUT2D eigenvalue weighted by atomic mass is 16.7. The first-order valence-electron chi connectivity index (χ1n) is 8.60. The second-order valence-corrected chi connectivity index (χ2v) is 6.67. The normalized spacial score (nSPS) is 25.5. The van der Waals surface area contributed by atoms with Crippen molar-refractivity contribution in [3.05, 3.63) is 35.5 Å². The minimum absolute atomic E-state index is 0.0705. The highest BCUT2D eigenvalue weighted by Gasteiger charge is 2.45. The van der Waals surface area contributed by atoms with Crippen molar-refractivity contribution in [2.45, 2.75) is 30.8 Å². The van der Waals surface area contributed by atoms with Crippen LogP contribution in [0.5, 0.6) is 11.5 Å². The number of allylic oxidation sites excluding steroid dienone is 1. The number of benzene rings is 1. The van der Waals surface area contributed by atoms with Gasteiger partial charge in [0, 0.05) is 38.9 Å². The van der Waals surface area contributed by atoms with Gasteiger partial charge in [-0.15, -0.1) is 0 Å². The Kier molecular flexibility index (Phi) is 5.51. The van der Waals surface area contributed by atoms with Gasteiger partial charge >= 0.3 is 0 Å². The molecule has 6 heteroatoms. The fraction of sp³-hybridized carbons (Fsp3) is 0.579. The first-order valence-corrected chi connectivity index (χ1v) is 8.60. The van der Waals surface area contributed by atoms with Crippen molar-refractivity contribution in [3.63, 3.8) is 0 Å². The number of aliphatic hydroxyl groups excluding tert-OH is 1. The van der Waals surface area contributed by atoms with E-state index in [0.29, 0.717) is 11.5 Å². The number of rotatable bonds is 7. The zero-order chi connectivity index (χ0) is 17.9. The lowest BCUT2D eigenvalue weighted by Gasteiger charge is -2.37. The molecular weight excluding hydrogens is 322 g/mol. The molecule has 0 saturated carbocycles. The molecule has 1 aromatic rings. The first-order chi connectivity index (χ1) is 12.1. The summed E-state index contributed by atoms with van der Waals surface area (Å²) in [7, 11) is 5.26. The maximum Gasteiger partial charge on any atom is 0.188 e. The van der Waals surface area contributed by atoms with Gasteiger partial charge in [0.1, 0.15) is 0 Å². The summed E-state index contributed by atoms with van der Waals surface area (Å²) >= 11 is 0. The van der Waals surface area contributed by atoms with Crippen LogP contribution in [0.1, 0.15) is 24.8 Å². The maximum atomic E-state index is 10.1. The summed E-state index contributed by atoms with van der Waals surface area (Å²) < 4.78 is 21.4. The monoisotopic (exact) mass is 349 g/mol. The zero-order valence-corrected chi connectivity index (χ0v) is 15.2. The van der Waals surface area contributed by atoms with Gasteiger partial charge in [0.2, 0.25) is 0 Å². The molecule has 2 aliphatic rings. The second kappa shape index (κ2) is 7.64. The lowest BCUT2D eigenvalue weighted by Crippen LogP contribution is -2.33. The van der Waals surface area contributed by atoms with E-state index in [-0.39, 0.29) is 25.1 Å². The van der Waals surface area contributed by atoms with E-state index < -0.39 is 0 Å². The quantitative estimate of drug-likeness (QED) is 0.762. The third-order valence-corrected chi connectivity index (χ3v) is 5.15. The van der Waals surface area contributed by atoms with Crippen LogP contribution >= 0.6 is 0 Å². The molecule has 3 rings (SSSR count). The molecule has 138 valence electrons. The molecule has 2 atom stereocenters. The number of hydrogen-bond acceptors (Lipinski definition) is 6. The van der Waals surface area contributed by atoms with E-state index in [2.05, 4.69) is 18.0 Å². The van der Waals surface area contributed by atoms with Crippen LogP contribution in [0.15, 0.2) is 30.0 Å². The van der Waals surface area contributed by atoms with Crippen LogP contribution in [0.3, 0.4) is 0 Å². The topological polar surface area (TPSA) is 60.4 Å². The van der Waals surface area contributed by atoms with Crippen molar-refractivity contribution in [1.29, 1.82) is 0 Å². The second-order valence-electron chi connectivity index (χ2n) is 6.67. The Morgan fingerprint density at radius 3 is 2.56 bits per heavy atom. The minimum atomic E-state index is -0.364. The van der Waals surface area contributed by atoms with E-state index >= 15 is 0 Å². The average molecular weight is 349 g/mol. The molecule has 0 radical (unpaired) electrons. The van der Waals surface area contributed by atoms with Gasteiger partial charge in [-0.25, -0.2) is 0 Å². The smallest absolute Gasteiger partial charge is 0.188 e. The van der Waals surface area contributed by atoms with E-state index in [9.17, 15) is 5.11 Å². The molecule has 0 spiro atoms. The molecule has 0 aromatic heterocycles. The molecule has 0 amide bonds. The third-order valence-electron chi connectivity index (χ3n) is 5.15. The number of methoxy groups -OCH3 is 2. The Hall–Kier alpha value is -1.76. The lowest BCUT2D eigenvalue weighted by atomic mass is 9.70. The predicted molar refractivity (Wildman–Crippen MR) is 93.7 cm³/mol. The molecule has 6 nitrogen and oxygen atoms in total. The summed E-state index contributed by atoms with van der Waals surface area (Å²) in [6.45, 7) is 1.30. The molecule has 1 aliphatic heterocycles. The number of nitrogens with zero attached hydrogens (tertiary/aromatic N) is 1. The van der Waals surface area contributed by atoms with E-state index in [1.807, 2.05) is 18.2 Å². The molecule has 1 fully saturated rings. The van der Waals surface area contributed by atoms with Crippen molar-refractivity contribution in [2.75, 3.05) is 41.4 Å². The number of likely N-dealkylation sites (N-methyl/N-ethyl adjacent to an activating group) is 1. The number of aliphatic hydroxyl groups is 1. The van der Waals surface area contributed by atoms with Crippen molar-refractivity contribution in [2.24, 2.45) is 0 Å². The van der Waals surface area contributed by atoms with Gasteiger partial charge in [-0.05, 0) is 43.0 Å². The Bertz CT molecular complexity index is 632. The molecule has 1 saturated heterocycles. The number of fused-ring (bicyclic) bond motifs is 1. The van der Waals surface area contributed by atoms with E-state index in [4.69, 9.17) is 18.9 Å². The summed E-state index contributed by atoms with van der Waals surface area (Å²) in [6, 6.07) is 6.05. The molecule has 1 aliphatic carbocycles. The maximum absolute atomic E-state index is 10.1. The SMILES string of the molecule is COCOc1ccc([C@@]23CC[C@H](O)C=C2N(C)CC3)cc1OCOC. The summed E-state index contributed by atoms with van der Waals surface area (Å²) in [5.74, 6) is 1.28. The molecule has 25 heavy (non-hydrogen) atoms. The third kappa shape index (κ3) is 3.47. The van der Waals surface area contributed by atoms with Crippen LogP contribution < -0.4 is 9.47 Å². The van der Waals surface area contributed by atoms with Crippen LogP contribution in [-0.4, -0.2) is 57.5 Å². The fourth-order valence-electron chi connectivity index (χ4n) is 3.89. The lowest BCUT2D eigenvalue weighted by molar-refractivity contribution is 0.0321. The highest BCUT2D eigenvalue weighted by Crippen LogP contribution is 2.50. The van der Waals surface area contributed by atoms with Crippen LogP contribution in [0.25, 0.3) is 0 Å². The van der Waals surface area contributed by atoms with Gasteiger partial charge in [0.05, 0.1) is 6.10 Å². The Morgan fingerprint density at radius 1 is 1.12 bits per heavy atom. The van der Waals surface area contributed by atoms with E-state index in [1.165, 1.54) is 11.3 Å². The van der Waals surface area contributed by atoms with Crippen molar-refractivity contribution in [1.82, 2.24) is 4.90 Å². The van der Waals surface area contributed by atoms with Crippen LogP contribution in [0.4, 0.5) is 0 Å². The number of hydrogen-bond donors (Lipinski definition) is 1. The zero-order valence-electron chi connectivity index (χ0n) is 15.2. The van der Waals surface area contributed by atoms with Gasteiger partial charge < -0.3 is 29.0 Å². The van der Waals surface area contributed by atoms with Crippen molar-refractivity contribution < 1.29 is 24.1 Å². The summed E-state index contributed by atoms with van der Waals surface area (Å²) in [4.78, 5) is 2.24. The molecule has 1 aromatic carbocycles. The van der Waals surface area contributed by atoms with Crippen molar-refractivity contribution >= 4 is 0 Å². The highest BCUT2D eigenvalue weighted by molar-refractivity contribution is 5.49. The Morgan fingerprint density at radius 2 is 1.84 bits per heavy atom. The predicted octanol–water partition coefficient (Wildman–Crippen LogP) is 2.26. The average Bonchev–Trinajstić information content (AvgIpc) is 2.96. The molecule has 1 heterocycles. The van der Waals surface area contributed by atoms with Crippen molar-refractivity contribution in [3.8, 4) is 11.5 Å². The summed E-state index contributed by atoms with van der Waals surface area (Å²) in [6.07, 6.45) is 4.36. The Balaban J connectivity index is 1.97. The van der Waals surface area contributed by atoms with E-state index in [1.54, 1.807) is 14.2 Å². The molecular formula is C19H27NO5. The van der Waals surface area contributed by atoms with Gasteiger partial charge in [0.25, 0.3) is 0 Å². The fourth-order valence-corrected chi connectivity index (χ4v) is 3.89. The molecule has 0 bridgehead atoms. The number of ether oxygens (including phenoxy) is 4. The van der Waals surface area contributed by atoms with Gasteiger partial charge in [-0.1, -0.05) is 6.07 Å². The van der Waals surface area contributed by atoms with Gasteiger partial charge in [-0.2, -0.15) is 0 Å². The van der Waals surface area contributed by atoms with Gasteiger partial charge in [-0.3, -0.25) is 0 Å². The Labute approximate surface area is 148 Å². The van der Waals surface area contributed by atoms with Gasteiger partial charge in [0.15, 0.2) is 25.1 Å². The molecule has 0 unspecified atom stereocenters. The molecule has 1 N–H and O–H groups in total. The van der Waals surface area contributed by atoms with Crippen LogP contribution in [0, 0.1) is 0 Å². The minimum Gasteiger partial charge on any atom is -0.464 e. The standard InChI is InChI=1S/C19H27NO5/c1-20-9-8-19(7-6-15(21)11-18(19)20)14-4-5-16(24-12-22-2)17(10-14)25-13-23-3/h4-5,10-11,15,21H,6-9,12-13H2,1-3H3/t15-,19-/m0/s1.